The summed E-state index contributed by atoms with van der Waals surface area (Å²) in [4.78, 5) is 45.1. The van der Waals surface area contributed by atoms with Crippen molar-refractivity contribution in [3.8, 4) is 0 Å². The average Bonchev–Trinajstić information content (AvgIpc) is 3.24. The lowest BCUT2D eigenvalue weighted by Crippen LogP contribution is -2.57. The van der Waals surface area contributed by atoms with Crippen LogP contribution in [0.1, 0.15) is 78.9 Å². The maximum absolute atomic E-state index is 14.5. The molecule has 256 valence electrons. The largest absolute Gasteiger partial charge is 0.481 e. The van der Waals surface area contributed by atoms with E-state index in [4.69, 9.17) is 18.8 Å². The quantitative estimate of drug-likeness (QED) is 0.316. The molecule has 4 rings (SSSR count). The van der Waals surface area contributed by atoms with E-state index in [1.165, 1.54) is 10.5 Å². The van der Waals surface area contributed by atoms with Crippen LogP contribution in [0.3, 0.4) is 0 Å². The summed E-state index contributed by atoms with van der Waals surface area (Å²) in [5.74, 6) is -1.23. The number of carbonyl (C=O) groups is 3. The first-order valence-corrected chi connectivity index (χ1v) is 16.7. The SMILES string of the molecule is CC(C)(C)OC(=O)N(Cc1ccccc1)[C@H](CC(=O)N1CCOCC1)C(=O)N[C@@H](CCCc1ccccc1)B1OC(C)(C)C(C)(C)O1. The third kappa shape index (κ3) is 10.3. The number of benzene rings is 2. The van der Waals surface area contributed by atoms with E-state index in [0.29, 0.717) is 32.7 Å². The zero-order valence-electron chi connectivity index (χ0n) is 29.1. The van der Waals surface area contributed by atoms with Crippen LogP contribution in [0.25, 0.3) is 0 Å². The van der Waals surface area contributed by atoms with Gasteiger partial charge in [-0.05, 0) is 78.9 Å². The minimum Gasteiger partial charge on any atom is -0.444 e. The van der Waals surface area contributed by atoms with Crippen LogP contribution in [0.5, 0.6) is 0 Å². The van der Waals surface area contributed by atoms with E-state index in [0.717, 1.165) is 18.4 Å². The van der Waals surface area contributed by atoms with Gasteiger partial charge in [-0.25, -0.2) is 4.79 Å². The van der Waals surface area contributed by atoms with Crippen molar-refractivity contribution >= 4 is 25.0 Å². The number of nitrogens with one attached hydrogen (secondary N) is 1. The Balaban J connectivity index is 1.65. The normalized spacial score (nSPS) is 18.7. The van der Waals surface area contributed by atoms with Gasteiger partial charge in [-0.1, -0.05) is 60.7 Å². The standard InChI is InChI=1S/C36H52BN3O7/c1-34(2,3)45-33(43)40(26-28-17-12-9-13-18-28)29(25-31(41)39-21-23-44-24-22-39)32(42)38-30(20-14-19-27-15-10-8-11-16-27)37-46-35(4,5)36(6,7)47-37/h8-13,15-18,29-30H,14,19-26H2,1-7H3,(H,38,42)/t29-,30+/m1/s1. The summed E-state index contributed by atoms with van der Waals surface area (Å²) < 4.78 is 24.1. The third-order valence-corrected chi connectivity index (χ3v) is 8.99. The Morgan fingerprint density at radius 3 is 2.02 bits per heavy atom. The number of ether oxygens (including phenoxy) is 2. The first-order chi connectivity index (χ1) is 22.1. The third-order valence-electron chi connectivity index (χ3n) is 8.99. The van der Waals surface area contributed by atoms with E-state index in [-0.39, 0.29) is 18.9 Å². The highest BCUT2D eigenvalue weighted by Crippen LogP contribution is 2.38. The summed E-state index contributed by atoms with van der Waals surface area (Å²) in [6.45, 7) is 15.0. The summed E-state index contributed by atoms with van der Waals surface area (Å²) in [5, 5.41) is 3.18. The summed E-state index contributed by atoms with van der Waals surface area (Å²) in [6.07, 6.45) is 1.25. The van der Waals surface area contributed by atoms with Gasteiger partial charge in [-0.15, -0.1) is 0 Å². The summed E-state index contributed by atoms with van der Waals surface area (Å²) in [6, 6.07) is 18.4. The topological polar surface area (TPSA) is 107 Å². The summed E-state index contributed by atoms with van der Waals surface area (Å²) >= 11 is 0. The van der Waals surface area contributed by atoms with Crippen LogP contribution in [0.15, 0.2) is 60.7 Å². The number of carbonyl (C=O) groups excluding carboxylic acids is 3. The number of nitrogens with zero attached hydrogens (tertiary/aromatic N) is 2. The van der Waals surface area contributed by atoms with Gasteiger partial charge in [0.05, 0.1) is 36.8 Å². The minimum absolute atomic E-state index is 0.0827. The molecule has 2 aromatic carbocycles. The van der Waals surface area contributed by atoms with Crippen LogP contribution in [0.2, 0.25) is 0 Å². The molecule has 11 heteroatoms. The fourth-order valence-corrected chi connectivity index (χ4v) is 5.63. The smallest absolute Gasteiger partial charge is 0.444 e. The number of morpholine rings is 1. The van der Waals surface area contributed by atoms with Crippen LogP contribution < -0.4 is 5.32 Å². The van der Waals surface area contributed by atoms with Gasteiger partial charge in [0, 0.05) is 19.6 Å². The monoisotopic (exact) mass is 649 g/mol. The zero-order chi connectivity index (χ0) is 34.2. The molecule has 2 saturated heterocycles. The minimum atomic E-state index is -1.15. The Hall–Kier alpha value is -3.41. The van der Waals surface area contributed by atoms with Crippen molar-refractivity contribution in [2.75, 3.05) is 26.3 Å². The molecule has 2 aromatic rings. The van der Waals surface area contributed by atoms with Gasteiger partial charge in [0.25, 0.3) is 0 Å². The van der Waals surface area contributed by atoms with E-state index in [9.17, 15) is 14.4 Å². The highest BCUT2D eigenvalue weighted by Gasteiger charge is 2.54. The summed E-state index contributed by atoms with van der Waals surface area (Å²) in [5.41, 5.74) is -0.0347. The first-order valence-electron chi connectivity index (χ1n) is 16.7. The van der Waals surface area contributed by atoms with Gasteiger partial charge >= 0.3 is 13.2 Å². The Kier molecular flexibility index (Phi) is 12.1. The van der Waals surface area contributed by atoms with Gasteiger partial charge in [0.1, 0.15) is 11.6 Å². The number of rotatable bonds is 12. The highest BCUT2D eigenvalue weighted by atomic mass is 16.7. The van der Waals surface area contributed by atoms with Crippen LogP contribution in [0.4, 0.5) is 4.79 Å². The molecule has 2 atom stereocenters. The van der Waals surface area contributed by atoms with Crippen LogP contribution >= 0.6 is 0 Å². The van der Waals surface area contributed by atoms with Crippen molar-refractivity contribution in [1.29, 1.82) is 0 Å². The first kappa shape index (κ1) is 36.4. The van der Waals surface area contributed by atoms with Crippen molar-refractivity contribution in [3.05, 3.63) is 71.8 Å². The van der Waals surface area contributed by atoms with Crippen molar-refractivity contribution in [2.45, 2.75) is 109 Å². The highest BCUT2D eigenvalue weighted by molar-refractivity contribution is 6.48. The van der Waals surface area contributed by atoms with E-state index < -0.39 is 47.9 Å². The van der Waals surface area contributed by atoms with Gasteiger partial charge in [-0.2, -0.15) is 0 Å². The Labute approximate surface area is 280 Å². The summed E-state index contributed by atoms with van der Waals surface area (Å²) in [7, 11) is -0.723. The average molecular weight is 650 g/mol. The van der Waals surface area contributed by atoms with Gasteiger partial charge in [0.2, 0.25) is 11.8 Å². The van der Waals surface area contributed by atoms with E-state index in [1.807, 2.05) is 76.2 Å². The lowest BCUT2D eigenvalue weighted by molar-refractivity contribution is -0.140. The molecule has 0 bridgehead atoms. The van der Waals surface area contributed by atoms with Gasteiger partial charge in [-0.3, -0.25) is 14.5 Å². The van der Waals surface area contributed by atoms with E-state index in [2.05, 4.69) is 17.4 Å². The fraction of sp³-hybridized carbons (Fsp3) is 0.583. The number of amides is 3. The molecule has 2 heterocycles. The van der Waals surface area contributed by atoms with Crippen LogP contribution in [-0.2, 0) is 41.3 Å². The van der Waals surface area contributed by atoms with E-state index >= 15 is 0 Å². The fourth-order valence-electron chi connectivity index (χ4n) is 5.63. The molecule has 0 spiro atoms. The van der Waals surface area contributed by atoms with Crippen LogP contribution in [-0.4, -0.2) is 89.9 Å². The van der Waals surface area contributed by atoms with Crippen LogP contribution in [0, 0.1) is 0 Å². The molecule has 10 nitrogen and oxygen atoms in total. The molecule has 1 N–H and O–H groups in total. The molecule has 0 saturated carbocycles. The molecule has 2 fully saturated rings. The molecule has 2 aliphatic heterocycles. The maximum atomic E-state index is 14.5. The lowest BCUT2D eigenvalue weighted by atomic mass is 9.75. The zero-order valence-corrected chi connectivity index (χ0v) is 29.1. The molecular formula is C36H52BN3O7. The Morgan fingerprint density at radius 1 is 0.915 bits per heavy atom. The van der Waals surface area contributed by atoms with Gasteiger partial charge in [0.15, 0.2) is 0 Å². The predicted molar refractivity (Wildman–Crippen MR) is 181 cm³/mol. The van der Waals surface area contributed by atoms with E-state index in [1.54, 1.807) is 25.7 Å². The maximum Gasteiger partial charge on any atom is 0.481 e. The van der Waals surface area contributed by atoms with Crippen molar-refractivity contribution in [2.24, 2.45) is 0 Å². The number of hydrogen-bond donors (Lipinski definition) is 1. The van der Waals surface area contributed by atoms with Gasteiger partial charge < -0.3 is 29.0 Å². The molecular weight excluding hydrogens is 597 g/mol. The molecule has 3 amide bonds. The second kappa shape index (κ2) is 15.7. The number of aryl methyl sites for hydroxylation is 1. The van der Waals surface area contributed by atoms with Crippen molar-refractivity contribution in [1.82, 2.24) is 15.1 Å². The molecule has 0 aliphatic carbocycles. The molecule has 0 unspecified atom stereocenters. The molecule has 0 radical (unpaired) electrons. The molecule has 2 aliphatic rings. The lowest BCUT2D eigenvalue weighted by Gasteiger charge is -2.35. The Morgan fingerprint density at radius 2 is 1.47 bits per heavy atom. The Bertz CT molecular complexity index is 1310. The number of hydrogen-bond acceptors (Lipinski definition) is 7. The predicted octanol–water partition coefficient (Wildman–Crippen LogP) is 5.18. The molecule has 0 aromatic heterocycles. The molecule has 47 heavy (non-hydrogen) atoms. The van der Waals surface area contributed by atoms with Crippen molar-refractivity contribution < 1.29 is 33.2 Å². The second-order valence-electron chi connectivity index (χ2n) is 14.4. The van der Waals surface area contributed by atoms with Crippen molar-refractivity contribution in [3.63, 3.8) is 0 Å². The second-order valence-corrected chi connectivity index (χ2v) is 14.4.